The van der Waals surface area contributed by atoms with Crippen molar-refractivity contribution in [3.05, 3.63) is 71.8 Å². The van der Waals surface area contributed by atoms with Crippen molar-refractivity contribution in [2.75, 3.05) is 6.54 Å². The Hall–Kier alpha value is -2.86. The van der Waals surface area contributed by atoms with Crippen LogP contribution in [0.15, 0.2) is 60.7 Å². The van der Waals surface area contributed by atoms with Crippen LogP contribution in [0.5, 0.6) is 0 Å². The van der Waals surface area contributed by atoms with Gasteiger partial charge in [0.05, 0.1) is 12.1 Å². The van der Waals surface area contributed by atoms with Gasteiger partial charge in [0, 0.05) is 6.54 Å². The van der Waals surface area contributed by atoms with Crippen molar-refractivity contribution in [2.24, 2.45) is 0 Å². The molecule has 2 N–H and O–H groups in total. The minimum Gasteiger partial charge on any atom is -0.445 e. The van der Waals surface area contributed by atoms with E-state index >= 15 is 0 Å². The van der Waals surface area contributed by atoms with Crippen molar-refractivity contribution in [2.45, 2.75) is 44.6 Å². The number of amides is 2. The average molecular weight is 382 g/mol. The summed E-state index contributed by atoms with van der Waals surface area (Å²) >= 11 is 0. The maximum absolute atomic E-state index is 12.7. The predicted octanol–water partition coefficient (Wildman–Crippen LogP) is 3.03. The summed E-state index contributed by atoms with van der Waals surface area (Å²) in [6.07, 6.45) is 0.0250. The first kappa shape index (κ1) is 19.9. The number of nitrogens with one attached hydrogen (secondary N) is 1. The maximum Gasteiger partial charge on any atom is 0.410 e. The molecule has 1 aliphatic heterocycles. The molecule has 2 aromatic carbocycles. The summed E-state index contributed by atoms with van der Waals surface area (Å²) in [5.41, 5.74) is 1.64. The van der Waals surface area contributed by atoms with Crippen LogP contribution in [0.2, 0.25) is 0 Å². The van der Waals surface area contributed by atoms with Crippen LogP contribution in [0.25, 0.3) is 0 Å². The second kappa shape index (κ2) is 9.37. The quantitative estimate of drug-likeness (QED) is 0.805. The van der Waals surface area contributed by atoms with Gasteiger partial charge in [-0.15, -0.1) is 0 Å². The van der Waals surface area contributed by atoms with E-state index in [1.807, 2.05) is 60.7 Å². The monoisotopic (exact) mass is 382 g/mol. The van der Waals surface area contributed by atoms with Crippen LogP contribution in [-0.2, 0) is 16.1 Å². The number of carbonyl (C=O) groups excluding carboxylic acids is 2. The van der Waals surface area contributed by atoms with Crippen molar-refractivity contribution in [1.82, 2.24) is 10.2 Å². The molecule has 2 amide bonds. The van der Waals surface area contributed by atoms with E-state index in [0.717, 1.165) is 17.5 Å². The van der Waals surface area contributed by atoms with Gasteiger partial charge in [0.15, 0.2) is 0 Å². The lowest BCUT2D eigenvalue weighted by Crippen LogP contribution is -2.49. The molecule has 1 fully saturated rings. The first-order valence-electron chi connectivity index (χ1n) is 9.57. The SMILES string of the molecule is C[C@H](NC(=O)[C@@H]1CCCN1C(=O)OCc1ccccc1)[C@H](O)c1ccccc1. The van der Waals surface area contributed by atoms with Crippen LogP contribution in [0, 0.1) is 0 Å². The molecule has 28 heavy (non-hydrogen) atoms. The van der Waals surface area contributed by atoms with E-state index in [2.05, 4.69) is 5.32 Å². The summed E-state index contributed by atoms with van der Waals surface area (Å²) in [4.78, 5) is 26.6. The normalized spacial score (nSPS) is 18.4. The Morgan fingerprint density at radius 3 is 2.46 bits per heavy atom. The van der Waals surface area contributed by atoms with Gasteiger partial charge >= 0.3 is 6.09 Å². The van der Waals surface area contributed by atoms with Gasteiger partial charge in [-0.05, 0) is 30.9 Å². The number of ether oxygens (including phenoxy) is 1. The van der Waals surface area contributed by atoms with Crippen LogP contribution in [0.3, 0.4) is 0 Å². The topological polar surface area (TPSA) is 78.9 Å². The van der Waals surface area contributed by atoms with Crippen molar-refractivity contribution >= 4 is 12.0 Å². The second-order valence-corrected chi connectivity index (χ2v) is 7.04. The molecule has 0 radical (unpaired) electrons. The van der Waals surface area contributed by atoms with Gasteiger partial charge in [0.25, 0.3) is 0 Å². The number of hydrogen-bond donors (Lipinski definition) is 2. The zero-order valence-corrected chi connectivity index (χ0v) is 16.0. The standard InChI is InChI=1S/C22H26N2O4/c1-16(20(25)18-11-6-3-7-12-18)23-21(26)19-13-8-14-24(19)22(27)28-15-17-9-4-2-5-10-17/h2-7,9-12,16,19-20,25H,8,13-15H2,1H3,(H,23,26)/t16-,19-,20-/m0/s1. The molecule has 0 unspecified atom stereocenters. The highest BCUT2D eigenvalue weighted by Gasteiger charge is 2.36. The van der Waals surface area contributed by atoms with Gasteiger partial charge in [-0.25, -0.2) is 4.79 Å². The fourth-order valence-electron chi connectivity index (χ4n) is 3.40. The van der Waals surface area contributed by atoms with E-state index < -0.39 is 24.3 Å². The predicted molar refractivity (Wildman–Crippen MR) is 105 cm³/mol. The third-order valence-electron chi connectivity index (χ3n) is 4.98. The first-order chi connectivity index (χ1) is 13.6. The molecular formula is C22H26N2O4. The largest absolute Gasteiger partial charge is 0.445 e. The summed E-state index contributed by atoms with van der Waals surface area (Å²) in [5.74, 6) is -0.267. The highest BCUT2D eigenvalue weighted by Crippen LogP contribution is 2.21. The van der Waals surface area contributed by atoms with Crippen molar-refractivity contribution < 1.29 is 19.4 Å². The number of aliphatic hydroxyl groups is 1. The fourth-order valence-corrected chi connectivity index (χ4v) is 3.40. The summed E-state index contributed by atoms with van der Waals surface area (Å²) in [6.45, 7) is 2.41. The molecule has 0 aliphatic carbocycles. The van der Waals surface area contributed by atoms with E-state index in [9.17, 15) is 14.7 Å². The number of aliphatic hydroxyl groups excluding tert-OH is 1. The van der Waals surface area contributed by atoms with Crippen molar-refractivity contribution in [1.29, 1.82) is 0 Å². The molecule has 1 saturated heterocycles. The van der Waals surface area contributed by atoms with E-state index in [-0.39, 0.29) is 12.5 Å². The molecule has 6 heteroatoms. The van der Waals surface area contributed by atoms with Gasteiger partial charge in [-0.3, -0.25) is 9.69 Å². The number of benzene rings is 2. The van der Waals surface area contributed by atoms with E-state index in [4.69, 9.17) is 4.74 Å². The van der Waals surface area contributed by atoms with E-state index in [1.165, 1.54) is 4.90 Å². The minimum absolute atomic E-state index is 0.174. The van der Waals surface area contributed by atoms with Gasteiger partial charge in [-0.2, -0.15) is 0 Å². The number of carbonyl (C=O) groups is 2. The summed E-state index contributed by atoms with van der Waals surface area (Å²) in [5, 5.41) is 13.3. The van der Waals surface area contributed by atoms with Crippen LogP contribution < -0.4 is 5.32 Å². The molecule has 1 heterocycles. The highest BCUT2D eigenvalue weighted by atomic mass is 16.6. The third-order valence-corrected chi connectivity index (χ3v) is 4.98. The van der Waals surface area contributed by atoms with Gasteiger partial charge in [0.1, 0.15) is 12.6 Å². The summed E-state index contributed by atoms with van der Waals surface area (Å²) < 4.78 is 5.37. The first-order valence-corrected chi connectivity index (χ1v) is 9.57. The molecule has 0 saturated carbocycles. The number of likely N-dealkylation sites (tertiary alicyclic amines) is 1. The molecule has 0 bridgehead atoms. The molecule has 0 aromatic heterocycles. The molecule has 3 rings (SSSR count). The van der Waals surface area contributed by atoms with Crippen LogP contribution in [-0.4, -0.2) is 40.6 Å². The van der Waals surface area contributed by atoms with E-state index in [1.54, 1.807) is 6.92 Å². The Labute approximate surface area is 165 Å². The number of nitrogens with zero attached hydrogens (tertiary/aromatic N) is 1. The van der Waals surface area contributed by atoms with Crippen LogP contribution in [0.1, 0.15) is 37.0 Å². The molecule has 2 aromatic rings. The lowest BCUT2D eigenvalue weighted by atomic mass is 10.0. The Balaban J connectivity index is 1.55. The molecular weight excluding hydrogens is 356 g/mol. The van der Waals surface area contributed by atoms with Crippen molar-refractivity contribution in [3.63, 3.8) is 0 Å². The fraction of sp³-hybridized carbons (Fsp3) is 0.364. The summed E-state index contributed by atoms with van der Waals surface area (Å²) in [6, 6.07) is 17.6. The lowest BCUT2D eigenvalue weighted by Gasteiger charge is -2.26. The average Bonchev–Trinajstić information content (AvgIpc) is 3.23. The Morgan fingerprint density at radius 1 is 1.14 bits per heavy atom. The lowest BCUT2D eigenvalue weighted by molar-refractivity contribution is -0.126. The minimum atomic E-state index is -0.815. The molecule has 148 valence electrons. The van der Waals surface area contributed by atoms with Gasteiger partial charge in [0.2, 0.25) is 5.91 Å². The Kier molecular flexibility index (Phi) is 6.66. The van der Waals surface area contributed by atoms with Gasteiger partial charge < -0.3 is 15.2 Å². The zero-order chi connectivity index (χ0) is 19.9. The number of hydrogen-bond acceptors (Lipinski definition) is 4. The second-order valence-electron chi connectivity index (χ2n) is 7.04. The molecule has 0 spiro atoms. The summed E-state index contributed by atoms with van der Waals surface area (Å²) in [7, 11) is 0. The maximum atomic E-state index is 12.7. The zero-order valence-electron chi connectivity index (χ0n) is 16.0. The molecule has 6 nitrogen and oxygen atoms in total. The van der Waals surface area contributed by atoms with Crippen molar-refractivity contribution in [3.8, 4) is 0 Å². The smallest absolute Gasteiger partial charge is 0.410 e. The molecule has 3 atom stereocenters. The van der Waals surface area contributed by atoms with Crippen LogP contribution >= 0.6 is 0 Å². The Morgan fingerprint density at radius 2 is 1.79 bits per heavy atom. The van der Waals surface area contributed by atoms with E-state index in [0.29, 0.717) is 13.0 Å². The Bertz CT molecular complexity index is 782. The van der Waals surface area contributed by atoms with Crippen LogP contribution in [0.4, 0.5) is 4.79 Å². The number of rotatable bonds is 6. The highest BCUT2D eigenvalue weighted by molar-refractivity contribution is 5.86. The van der Waals surface area contributed by atoms with Gasteiger partial charge in [-0.1, -0.05) is 60.7 Å². The molecule has 1 aliphatic rings. The third kappa shape index (κ3) is 4.89.